The molecule has 0 bridgehead atoms. The van der Waals surface area contributed by atoms with Crippen molar-refractivity contribution in [3.8, 4) is 0 Å². The molecule has 20 heteroatoms. The number of pyridine rings is 2. The molecular formula is C50H62Cl2N10O8. The highest BCUT2D eigenvalue weighted by Crippen LogP contribution is 2.30. The van der Waals surface area contributed by atoms with E-state index in [1.165, 1.54) is 9.13 Å². The number of aliphatic hydroxyl groups excluding tert-OH is 1. The van der Waals surface area contributed by atoms with Gasteiger partial charge in [-0.1, -0.05) is 59.6 Å². The molecule has 2 aliphatic rings. The van der Waals surface area contributed by atoms with E-state index in [2.05, 4.69) is 20.4 Å². The summed E-state index contributed by atoms with van der Waals surface area (Å²) in [4.78, 5) is 76.5. The Kier molecular flexibility index (Phi) is 15.7. The molecule has 2 amide bonds. The minimum absolute atomic E-state index is 0.122. The summed E-state index contributed by atoms with van der Waals surface area (Å²) in [6, 6.07) is 18.1. The molecule has 3 N–H and O–H groups in total. The number of aldehydes is 1. The summed E-state index contributed by atoms with van der Waals surface area (Å²) < 4.78 is 17.4. The third-order valence-corrected chi connectivity index (χ3v) is 12.8. The SMILES string of the molecule is Cn1c(C=O)cc2nc(N3CCC[C@@H](NC(=O)OC(C)(C)C)C3)n(Cc3ccccc3Cl)c2c1=O.Cn1c(CO)cc2nc(N3CCC[C@@H](NC(=O)OC(C)(C)C)C3)n(Cc3ccccc3Cl)c2c1=O. The molecule has 4 aromatic heterocycles. The van der Waals surface area contributed by atoms with E-state index < -0.39 is 23.4 Å². The van der Waals surface area contributed by atoms with Gasteiger partial charge in [0, 0.05) is 68.1 Å². The van der Waals surface area contributed by atoms with E-state index in [4.69, 9.17) is 42.6 Å². The van der Waals surface area contributed by atoms with E-state index in [1.54, 1.807) is 32.3 Å². The number of carbonyl (C=O) groups excluding carboxylic acids is 3. The molecule has 8 rings (SSSR count). The lowest BCUT2D eigenvalue weighted by molar-refractivity contribution is 0.0488. The Hall–Kier alpha value is -6.37. The molecule has 2 saturated heterocycles. The highest BCUT2D eigenvalue weighted by Gasteiger charge is 2.31. The van der Waals surface area contributed by atoms with Gasteiger partial charge in [0.25, 0.3) is 11.1 Å². The molecule has 2 aromatic carbocycles. The maximum atomic E-state index is 13.3. The number of nitrogens with one attached hydrogen (secondary N) is 2. The number of imidazole rings is 2. The fraction of sp³-hybridized carbons (Fsp3) is 0.460. The molecule has 6 aromatic rings. The minimum atomic E-state index is -0.586. The summed E-state index contributed by atoms with van der Waals surface area (Å²) in [7, 11) is 3.21. The van der Waals surface area contributed by atoms with Gasteiger partial charge in [0.05, 0.1) is 36.4 Å². The number of aliphatic hydroxyl groups is 1. The van der Waals surface area contributed by atoms with Crippen molar-refractivity contribution in [1.29, 1.82) is 0 Å². The van der Waals surface area contributed by atoms with Crippen LogP contribution in [0.2, 0.25) is 10.0 Å². The van der Waals surface area contributed by atoms with Crippen molar-refractivity contribution in [3.05, 3.63) is 114 Å². The van der Waals surface area contributed by atoms with Crippen LogP contribution >= 0.6 is 23.2 Å². The molecule has 6 heterocycles. The van der Waals surface area contributed by atoms with Gasteiger partial charge in [-0.05, 0) is 103 Å². The predicted octanol–water partition coefficient (Wildman–Crippen LogP) is 7.17. The number of aromatic nitrogens is 6. The van der Waals surface area contributed by atoms with Crippen LogP contribution in [-0.2, 0) is 43.3 Å². The van der Waals surface area contributed by atoms with Crippen molar-refractivity contribution in [1.82, 2.24) is 38.9 Å². The number of nitrogens with zero attached hydrogens (tertiary/aromatic N) is 8. The summed E-state index contributed by atoms with van der Waals surface area (Å²) in [6.45, 7) is 13.9. The van der Waals surface area contributed by atoms with Crippen LogP contribution in [0.5, 0.6) is 0 Å². The first-order chi connectivity index (χ1) is 33.1. The first-order valence-electron chi connectivity index (χ1n) is 23.4. The van der Waals surface area contributed by atoms with Crippen LogP contribution in [0.1, 0.15) is 94.5 Å². The molecule has 0 spiro atoms. The van der Waals surface area contributed by atoms with Crippen LogP contribution in [0, 0.1) is 0 Å². The van der Waals surface area contributed by atoms with Crippen LogP contribution in [0.4, 0.5) is 21.5 Å². The minimum Gasteiger partial charge on any atom is -0.444 e. The molecular weight excluding hydrogens is 940 g/mol. The molecule has 70 heavy (non-hydrogen) atoms. The fourth-order valence-corrected chi connectivity index (χ4v) is 9.16. The van der Waals surface area contributed by atoms with E-state index in [9.17, 15) is 29.1 Å². The Morgan fingerprint density at radius 2 is 1.14 bits per heavy atom. The van der Waals surface area contributed by atoms with Crippen molar-refractivity contribution < 1.29 is 29.0 Å². The standard InChI is InChI=1S/C25H32ClN5O4.C25H30ClN5O4/c2*1-25(2,3)35-24(34)27-17-9-7-11-30(14-17)23-28-20-12-18(15-32)29(4)22(33)21(20)31(23)13-16-8-5-6-10-19(16)26/h5-6,8,10,12,17,32H,7,9,11,13-15H2,1-4H3,(H,27,34);5-6,8,10,12,15,17H,7,9,11,13-14H2,1-4H3,(H,27,34)/t2*17-/m11/s1. The Morgan fingerprint density at radius 1 is 0.714 bits per heavy atom. The zero-order valence-electron chi connectivity index (χ0n) is 40.9. The van der Waals surface area contributed by atoms with Crippen molar-refractivity contribution >= 4 is 75.6 Å². The third-order valence-electron chi connectivity index (χ3n) is 12.1. The molecule has 18 nitrogen and oxygen atoms in total. The number of anilines is 2. The number of hydrogen-bond donors (Lipinski definition) is 3. The number of benzene rings is 2. The molecule has 2 fully saturated rings. The highest BCUT2D eigenvalue weighted by molar-refractivity contribution is 6.31. The second-order valence-corrected chi connectivity index (χ2v) is 20.5. The van der Waals surface area contributed by atoms with Crippen LogP contribution in [-0.4, -0.2) is 101 Å². The monoisotopic (exact) mass is 1000 g/mol. The highest BCUT2D eigenvalue weighted by atomic mass is 35.5. The van der Waals surface area contributed by atoms with Gasteiger partial charge in [0.15, 0.2) is 6.29 Å². The topological polar surface area (TPSA) is 200 Å². The number of amides is 2. The van der Waals surface area contributed by atoms with Gasteiger partial charge >= 0.3 is 12.2 Å². The first kappa shape index (κ1) is 51.5. The molecule has 2 atom stereocenters. The molecule has 0 unspecified atom stereocenters. The summed E-state index contributed by atoms with van der Waals surface area (Å²) >= 11 is 12.9. The van der Waals surface area contributed by atoms with E-state index in [0.717, 1.165) is 43.4 Å². The van der Waals surface area contributed by atoms with E-state index in [1.807, 2.05) is 93.1 Å². The lowest BCUT2D eigenvalue weighted by Crippen LogP contribution is -2.49. The van der Waals surface area contributed by atoms with Crippen LogP contribution in [0.3, 0.4) is 0 Å². The zero-order chi connectivity index (χ0) is 50.7. The molecule has 0 saturated carbocycles. The van der Waals surface area contributed by atoms with E-state index in [-0.39, 0.29) is 35.5 Å². The van der Waals surface area contributed by atoms with Crippen LogP contribution in [0.25, 0.3) is 22.1 Å². The summed E-state index contributed by atoms with van der Waals surface area (Å²) in [5.41, 5.74) is 2.54. The number of fused-ring (bicyclic) bond motifs is 2. The zero-order valence-corrected chi connectivity index (χ0v) is 42.4. The normalized spacial score (nSPS) is 16.4. The summed E-state index contributed by atoms with van der Waals surface area (Å²) in [5, 5.41) is 16.8. The molecule has 0 aliphatic carbocycles. The summed E-state index contributed by atoms with van der Waals surface area (Å²) in [5.74, 6) is 1.22. The number of alkyl carbamates (subject to hydrolysis) is 2. The molecule has 0 radical (unpaired) electrons. The van der Waals surface area contributed by atoms with Crippen molar-refractivity contribution in [2.45, 2.75) is 110 Å². The lowest BCUT2D eigenvalue weighted by atomic mass is 10.1. The van der Waals surface area contributed by atoms with E-state index >= 15 is 0 Å². The van der Waals surface area contributed by atoms with E-state index in [0.29, 0.717) is 88.7 Å². The smallest absolute Gasteiger partial charge is 0.407 e. The van der Waals surface area contributed by atoms with Gasteiger partial charge in [-0.15, -0.1) is 0 Å². The van der Waals surface area contributed by atoms with Crippen molar-refractivity contribution in [2.24, 2.45) is 14.1 Å². The first-order valence-corrected chi connectivity index (χ1v) is 24.1. The van der Waals surface area contributed by atoms with Gasteiger partial charge in [-0.3, -0.25) is 14.4 Å². The Morgan fingerprint density at radius 3 is 1.56 bits per heavy atom. The van der Waals surface area contributed by atoms with Crippen molar-refractivity contribution in [3.63, 3.8) is 0 Å². The third kappa shape index (κ3) is 12.0. The number of hydrogen-bond acceptors (Lipinski definition) is 12. The Bertz CT molecular complexity index is 3020. The number of piperidine rings is 2. The summed E-state index contributed by atoms with van der Waals surface area (Å²) in [6.07, 6.45) is 3.03. The van der Waals surface area contributed by atoms with Crippen LogP contribution in [0.15, 0.2) is 70.3 Å². The van der Waals surface area contributed by atoms with Crippen molar-refractivity contribution in [2.75, 3.05) is 36.0 Å². The maximum absolute atomic E-state index is 13.3. The number of halogens is 2. The van der Waals surface area contributed by atoms with Gasteiger partial charge in [0.2, 0.25) is 11.9 Å². The predicted molar refractivity (Wildman–Crippen MR) is 272 cm³/mol. The number of carbonyl (C=O) groups is 3. The second-order valence-electron chi connectivity index (χ2n) is 19.7. The molecule has 374 valence electrons. The second kappa shape index (κ2) is 21.3. The largest absolute Gasteiger partial charge is 0.444 e. The quantitative estimate of drug-likeness (QED) is 0.117. The van der Waals surface area contributed by atoms with Gasteiger partial charge < -0.3 is 53.3 Å². The van der Waals surface area contributed by atoms with Gasteiger partial charge in [-0.2, -0.15) is 0 Å². The average Bonchev–Trinajstić information content (AvgIpc) is 3.84. The Labute approximate surface area is 416 Å². The molecule has 2 aliphatic heterocycles. The maximum Gasteiger partial charge on any atom is 0.407 e. The lowest BCUT2D eigenvalue weighted by Gasteiger charge is -2.34. The average molecular weight is 1000 g/mol. The van der Waals surface area contributed by atoms with Crippen LogP contribution < -0.4 is 31.6 Å². The van der Waals surface area contributed by atoms with Gasteiger partial charge in [-0.25, -0.2) is 19.6 Å². The number of ether oxygens (including phenoxy) is 2. The fourth-order valence-electron chi connectivity index (χ4n) is 8.77. The Balaban J connectivity index is 0.000000206. The van der Waals surface area contributed by atoms with Gasteiger partial charge in [0.1, 0.15) is 22.2 Å². The number of rotatable bonds is 10.